The first-order valence-electron chi connectivity index (χ1n) is 9.35. The average Bonchev–Trinajstić information content (AvgIpc) is 3.24. The summed E-state index contributed by atoms with van der Waals surface area (Å²) in [6.45, 7) is 11.1. The average molecular weight is 359 g/mol. The second-order valence-corrected chi connectivity index (χ2v) is 7.56. The van der Waals surface area contributed by atoms with Gasteiger partial charge < -0.3 is 19.6 Å². The van der Waals surface area contributed by atoms with Crippen molar-refractivity contribution in [1.82, 2.24) is 30.4 Å². The summed E-state index contributed by atoms with van der Waals surface area (Å²) in [6.07, 6.45) is 5.18. The number of guanidine groups is 1. The Bertz CT molecular complexity index is 754. The molecule has 8 nitrogen and oxygen atoms in total. The van der Waals surface area contributed by atoms with Gasteiger partial charge in [-0.25, -0.2) is 9.98 Å². The number of nitrogens with zero attached hydrogens (tertiary/aromatic N) is 5. The van der Waals surface area contributed by atoms with E-state index in [1.54, 1.807) is 6.20 Å². The fourth-order valence-electron chi connectivity index (χ4n) is 2.88. The Hall–Kier alpha value is -2.38. The summed E-state index contributed by atoms with van der Waals surface area (Å²) in [5.41, 5.74) is -0.0450. The maximum Gasteiger partial charge on any atom is 0.213 e. The third-order valence-corrected chi connectivity index (χ3v) is 4.36. The van der Waals surface area contributed by atoms with Crippen LogP contribution in [0.3, 0.4) is 0 Å². The van der Waals surface area contributed by atoms with E-state index in [9.17, 15) is 0 Å². The highest BCUT2D eigenvalue weighted by molar-refractivity contribution is 5.79. The maximum absolute atomic E-state index is 5.82. The van der Waals surface area contributed by atoms with Crippen LogP contribution in [-0.2, 0) is 31.5 Å². The lowest BCUT2D eigenvalue weighted by Crippen LogP contribution is -2.37. The number of aromatic nitrogens is 4. The van der Waals surface area contributed by atoms with Crippen molar-refractivity contribution in [3.05, 3.63) is 29.5 Å². The van der Waals surface area contributed by atoms with Gasteiger partial charge in [0.1, 0.15) is 18.1 Å². The van der Waals surface area contributed by atoms with Crippen molar-refractivity contribution in [2.75, 3.05) is 6.54 Å². The van der Waals surface area contributed by atoms with E-state index >= 15 is 0 Å². The van der Waals surface area contributed by atoms with Crippen LogP contribution >= 0.6 is 0 Å². The smallest absolute Gasteiger partial charge is 0.213 e. The van der Waals surface area contributed by atoms with Crippen molar-refractivity contribution < 1.29 is 4.42 Å². The molecule has 3 rings (SSSR count). The third kappa shape index (κ3) is 4.42. The van der Waals surface area contributed by atoms with Crippen molar-refractivity contribution in [3.63, 3.8) is 0 Å². The van der Waals surface area contributed by atoms with Crippen LogP contribution < -0.4 is 10.6 Å². The normalized spacial score (nSPS) is 15.0. The molecule has 0 atom stereocenters. The lowest BCUT2D eigenvalue weighted by molar-refractivity contribution is 0.379. The molecule has 2 N–H and O–H groups in total. The largest absolute Gasteiger partial charge is 0.443 e. The minimum Gasteiger partial charge on any atom is -0.443 e. The molecular formula is C18H29N7O. The van der Waals surface area contributed by atoms with Gasteiger partial charge in [0.15, 0.2) is 11.8 Å². The van der Waals surface area contributed by atoms with E-state index < -0.39 is 0 Å². The van der Waals surface area contributed by atoms with E-state index in [-0.39, 0.29) is 5.41 Å². The molecule has 0 aromatic carbocycles. The minimum absolute atomic E-state index is 0.0450. The summed E-state index contributed by atoms with van der Waals surface area (Å²) in [7, 11) is 0. The van der Waals surface area contributed by atoms with Crippen molar-refractivity contribution in [3.8, 4) is 0 Å². The van der Waals surface area contributed by atoms with Gasteiger partial charge in [0.2, 0.25) is 5.89 Å². The molecule has 0 aliphatic carbocycles. The van der Waals surface area contributed by atoms with Crippen LogP contribution in [0.25, 0.3) is 0 Å². The first-order valence-corrected chi connectivity index (χ1v) is 9.35. The third-order valence-electron chi connectivity index (χ3n) is 4.36. The quantitative estimate of drug-likeness (QED) is 0.628. The Morgan fingerprint density at radius 1 is 1.27 bits per heavy atom. The Kier molecular flexibility index (Phi) is 5.58. The lowest BCUT2D eigenvalue weighted by Gasteiger charge is -2.14. The van der Waals surface area contributed by atoms with Gasteiger partial charge in [-0.2, -0.15) is 0 Å². The fraction of sp³-hybridized carbons (Fsp3) is 0.667. The highest BCUT2D eigenvalue weighted by atomic mass is 16.4. The zero-order chi connectivity index (χ0) is 18.6. The molecule has 0 saturated carbocycles. The molecule has 0 saturated heterocycles. The van der Waals surface area contributed by atoms with Gasteiger partial charge in [-0.3, -0.25) is 0 Å². The van der Waals surface area contributed by atoms with Gasteiger partial charge in [0.05, 0.1) is 12.7 Å². The zero-order valence-corrected chi connectivity index (χ0v) is 16.2. The summed E-state index contributed by atoms with van der Waals surface area (Å²) in [5.74, 6) is 4.25. The number of rotatable bonds is 5. The highest BCUT2D eigenvalue weighted by Gasteiger charge is 2.19. The molecule has 0 bridgehead atoms. The Morgan fingerprint density at radius 2 is 2.12 bits per heavy atom. The summed E-state index contributed by atoms with van der Waals surface area (Å²) in [4.78, 5) is 8.98. The maximum atomic E-state index is 5.82. The molecule has 2 aromatic heterocycles. The molecule has 1 aliphatic rings. The first-order chi connectivity index (χ1) is 12.5. The number of nitrogens with one attached hydrogen (secondary N) is 2. The molecule has 0 amide bonds. The predicted octanol–water partition coefficient (Wildman–Crippen LogP) is 2.16. The van der Waals surface area contributed by atoms with Gasteiger partial charge in [-0.1, -0.05) is 20.8 Å². The second-order valence-electron chi connectivity index (χ2n) is 7.56. The summed E-state index contributed by atoms with van der Waals surface area (Å²) in [6, 6.07) is 0. The standard InChI is InChI=1S/C18H29N7O/c1-5-19-17(22-12-16-20-10-13(26-16)18(2,3)4)21-11-15-24-23-14-8-6-7-9-25(14)15/h10H,5-9,11-12H2,1-4H3,(H2,19,21,22). The Morgan fingerprint density at radius 3 is 2.85 bits per heavy atom. The Labute approximate surface area is 154 Å². The van der Waals surface area contributed by atoms with Crippen LogP contribution in [-0.4, -0.2) is 32.3 Å². The van der Waals surface area contributed by atoms with Crippen LogP contribution in [0.1, 0.15) is 63.8 Å². The van der Waals surface area contributed by atoms with E-state index in [1.807, 2.05) is 6.92 Å². The van der Waals surface area contributed by atoms with Crippen LogP contribution in [0.4, 0.5) is 0 Å². The second kappa shape index (κ2) is 7.88. The molecule has 0 radical (unpaired) electrons. The molecule has 0 unspecified atom stereocenters. The summed E-state index contributed by atoms with van der Waals surface area (Å²) in [5, 5.41) is 15.1. The molecule has 0 spiro atoms. The molecule has 142 valence electrons. The monoisotopic (exact) mass is 359 g/mol. The molecule has 3 heterocycles. The number of fused-ring (bicyclic) bond motifs is 1. The number of aliphatic imine (C=N–C) groups is 1. The van der Waals surface area contributed by atoms with E-state index in [0.717, 1.165) is 42.9 Å². The van der Waals surface area contributed by atoms with Gasteiger partial charge >= 0.3 is 0 Å². The van der Waals surface area contributed by atoms with Crippen LogP contribution in [0.5, 0.6) is 0 Å². The van der Waals surface area contributed by atoms with Crippen molar-refractivity contribution >= 4 is 5.96 Å². The van der Waals surface area contributed by atoms with E-state index in [1.165, 1.54) is 12.8 Å². The number of aryl methyl sites for hydroxylation is 1. The van der Waals surface area contributed by atoms with Crippen LogP contribution in [0, 0.1) is 0 Å². The molecular weight excluding hydrogens is 330 g/mol. The van der Waals surface area contributed by atoms with E-state index in [4.69, 9.17) is 4.42 Å². The topological polar surface area (TPSA) is 93.2 Å². The van der Waals surface area contributed by atoms with Crippen LogP contribution in [0.2, 0.25) is 0 Å². The van der Waals surface area contributed by atoms with Gasteiger partial charge in [-0.05, 0) is 19.8 Å². The van der Waals surface area contributed by atoms with E-state index in [0.29, 0.717) is 19.0 Å². The molecule has 26 heavy (non-hydrogen) atoms. The van der Waals surface area contributed by atoms with Gasteiger partial charge in [-0.15, -0.1) is 10.2 Å². The van der Waals surface area contributed by atoms with E-state index in [2.05, 4.69) is 56.1 Å². The highest BCUT2D eigenvalue weighted by Crippen LogP contribution is 2.22. The summed E-state index contributed by atoms with van der Waals surface area (Å²) < 4.78 is 8.01. The van der Waals surface area contributed by atoms with Gasteiger partial charge in [0, 0.05) is 24.9 Å². The van der Waals surface area contributed by atoms with Crippen molar-refractivity contribution in [1.29, 1.82) is 0 Å². The number of hydrogen-bond acceptors (Lipinski definition) is 5. The van der Waals surface area contributed by atoms with Gasteiger partial charge in [0.25, 0.3) is 0 Å². The Balaban J connectivity index is 1.62. The van der Waals surface area contributed by atoms with Crippen molar-refractivity contribution in [2.45, 2.75) is 72.0 Å². The number of oxazole rings is 1. The first kappa shape index (κ1) is 18.4. The fourth-order valence-corrected chi connectivity index (χ4v) is 2.88. The lowest BCUT2D eigenvalue weighted by atomic mass is 9.94. The van der Waals surface area contributed by atoms with Crippen molar-refractivity contribution in [2.24, 2.45) is 4.99 Å². The number of hydrogen-bond donors (Lipinski definition) is 2. The molecule has 2 aromatic rings. The summed E-state index contributed by atoms with van der Waals surface area (Å²) >= 11 is 0. The SMILES string of the molecule is CCNC(=NCc1nnc2n1CCCC2)NCc1ncc(C(C)(C)C)o1. The zero-order valence-electron chi connectivity index (χ0n) is 16.2. The molecule has 0 fully saturated rings. The predicted molar refractivity (Wildman–Crippen MR) is 99.8 cm³/mol. The van der Waals surface area contributed by atoms with Crippen LogP contribution in [0.15, 0.2) is 15.6 Å². The molecule has 1 aliphatic heterocycles. The molecule has 8 heteroatoms. The minimum atomic E-state index is -0.0450.